The van der Waals surface area contributed by atoms with Crippen molar-refractivity contribution in [2.45, 2.75) is 46.5 Å². The van der Waals surface area contributed by atoms with Crippen molar-refractivity contribution in [3.8, 4) is 0 Å². The molecule has 0 spiro atoms. The lowest BCUT2D eigenvalue weighted by molar-refractivity contribution is -0.192. The molecule has 4 N–H and O–H groups in total. The summed E-state index contributed by atoms with van der Waals surface area (Å²) in [5.41, 5.74) is 5.08. The van der Waals surface area contributed by atoms with Gasteiger partial charge in [-0.25, -0.2) is 4.79 Å². The van der Waals surface area contributed by atoms with E-state index < -0.39 is 18.2 Å². The molecular weight excluding hydrogens is 321 g/mol. The molecule has 0 saturated carbocycles. The molecule has 0 aliphatic heterocycles. The monoisotopic (exact) mass is 340 g/mol. The van der Waals surface area contributed by atoms with E-state index in [-0.39, 0.29) is 11.3 Å². The van der Waals surface area contributed by atoms with Gasteiger partial charge < -0.3 is 15.4 Å². The van der Waals surface area contributed by atoms with E-state index >= 15 is 0 Å². The highest BCUT2D eigenvalue weighted by Gasteiger charge is 2.38. The lowest BCUT2D eigenvalue weighted by Crippen LogP contribution is -2.49. The van der Waals surface area contributed by atoms with Gasteiger partial charge in [0, 0.05) is 6.92 Å². The molecule has 1 heterocycles. The predicted molar refractivity (Wildman–Crippen MR) is 72.0 cm³/mol. The smallest absolute Gasteiger partial charge is 0.475 e. The highest BCUT2D eigenvalue weighted by atomic mass is 19.4. The normalized spacial score (nSPS) is 13.0. The lowest BCUT2D eigenvalue weighted by Gasteiger charge is -2.28. The number of nitrogens with one attached hydrogen (secondary N) is 1. The van der Waals surface area contributed by atoms with Gasteiger partial charge in [-0.1, -0.05) is 25.9 Å². The minimum Gasteiger partial charge on any atom is -0.475 e. The Bertz CT molecular complexity index is 537. The third-order valence-electron chi connectivity index (χ3n) is 2.43. The largest absolute Gasteiger partial charge is 0.490 e. The molecule has 0 fully saturated rings. The lowest BCUT2D eigenvalue weighted by atomic mass is 9.86. The molecule has 1 aromatic rings. The Balaban J connectivity index is 0.000000585. The molecule has 0 bridgehead atoms. The van der Waals surface area contributed by atoms with Crippen molar-refractivity contribution in [2.24, 2.45) is 11.1 Å². The fourth-order valence-electron chi connectivity index (χ4n) is 1.44. The number of amides is 1. The molecule has 23 heavy (non-hydrogen) atoms. The fraction of sp³-hybridized carbons (Fsp3) is 0.667. The zero-order chi connectivity index (χ0) is 18.4. The highest BCUT2D eigenvalue weighted by molar-refractivity contribution is 5.80. The molecule has 0 unspecified atom stereocenters. The third-order valence-corrected chi connectivity index (χ3v) is 2.43. The van der Waals surface area contributed by atoms with Gasteiger partial charge in [-0.2, -0.15) is 18.2 Å². The molecule has 11 heteroatoms. The first-order valence-electron chi connectivity index (χ1n) is 6.37. The topological polar surface area (TPSA) is 131 Å². The molecule has 132 valence electrons. The number of primary amides is 1. The van der Waals surface area contributed by atoms with Crippen LogP contribution in [0.1, 0.15) is 32.5 Å². The summed E-state index contributed by atoms with van der Waals surface area (Å²) in [6.45, 7) is 7.90. The molecule has 1 atom stereocenters. The number of aromatic nitrogens is 2. The van der Waals surface area contributed by atoms with E-state index in [2.05, 4.69) is 15.5 Å². The van der Waals surface area contributed by atoms with Crippen molar-refractivity contribution >= 4 is 11.9 Å². The third kappa shape index (κ3) is 8.14. The number of carbonyl (C=O) groups is 2. The number of halogens is 3. The first-order chi connectivity index (χ1) is 10.2. The molecule has 0 saturated heterocycles. The van der Waals surface area contributed by atoms with Gasteiger partial charge in [0.2, 0.25) is 11.8 Å². The van der Waals surface area contributed by atoms with E-state index in [0.29, 0.717) is 18.3 Å². The van der Waals surface area contributed by atoms with Crippen molar-refractivity contribution in [3.63, 3.8) is 0 Å². The van der Waals surface area contributed by atoms with Crippen molar-refractivity contribution in [1.82, 2.24) is 15.5 Å². The van der Waals surface area contributed by atoms with Gasteiger partial charge >= 0.3 is 12.1 Å². The highest BCUT2D eigenvalue weighted by Crippen LogP contribution is 2.19. The van der Waals surface area contributed by atoms with E-state index in [1.165, 1.54) is 0 Å². The molecule has 0 aromatic carbocycles. The number of aryl methyl sites for hydroxylation is 1. The van der Waals surface area contributed by atoms with Gasteiger partial charge in [-0.15, -0.1) is 0 Å². The number of hydrogen-bond donors (Lipinski definition) is 3. The van der Waals surface area contributed by atoms with E-state index in [4.69, 9.17) is 20.2 Å². The van der Waals surface area contributed by atoms with Crippen LogP contribution in [-0.4, -0.2) is 39.3 Å². The Morgan fingerprint density at radius 3 is 2.09 bits per heavy atom. The Morgan fingerprint density at radius 2 is 1.83 bits per heavy atom. The zero-order valence-electron chi connectivity index (χ0n) is 13.1. The van der Waals surface area contributed by atoms with Gasteiger partial charge in [0.1, 0.15) is 0 Å². The molecule has 0 aliphatic carbocycles. The van der Waals surface area contributed by atoms with Gasteiger partial charge in [-0.05, 0) is 5.41 Å². The Morgan fingerprint density at radius 1 is 1.35 bits per heavy atom. The number of aliphatic carboxylic acids is 1. The Hall–Kier alpha value is -2.17. The Kier molecular flexibility index (Phi) is 7.16. The van der Waals surface area contributed by atoms with Crippen LogP contribution in [0.5, 0.6) is 0 Å². The maximum Gasteiger partial charge on any atom is 0.490 e. The first-order valence-corrected chi connectivity index (χ1v) is 6.37. The average Bonchev–Trinajstić information content (AvgIpc) is 2.72. The fourth-order valence-corrected chi connectivity index (χ4v) is 1.44. The maximum absolute atomic E-state index is 11.3. The predicted octanol–water partition coefficient (Wildman–Crippen LogP) is 1.00. The second-order valence-electron chi connectivity index (χ2n) is 5.61. The first kappa shape index (κ1) is 20.8. The summed E-state index contributed by atoms with van der Waals surface area (Å²) < 4.78 is 36.6. The molecule has 1 amide bonds. The van der Waals surface area contributed by atoms with E-state index in [1.54, 1.807) is 6.92 Å². The number of nitrogens with zero attached hydrogens (tertiary/aromatic N) is 2. The Labute approximate surface area is 130 Å². The van der Waals surface area contributed by atoms with Crippen molar-refractivity contribution in [1.29, 1.82) is 0 Å². The summed E-state index contributed by atoms with van der Waals surface area (Å²) >= 11 is 0. The molecule has 1 aromatic heterocycles. The van der Waals surface area contributed by atoms with Gasteiger partial charge in [-0.3, -0.25) is 10.1 Å². The molecular formula is C12H19F3N4O4. The van der Waals surface area contributed by atoms with Crippen LogP contribution in [0.4, 0.5) is 13.2 Å². The summed E-state index contributed by atoms with van der Waals surface area (Å²) in [5, 5.41) is 13.9. The summed E-state index contributed by atoms with van der Waals surface area (Å²) in [6.07, 6.45) is -5.08. The summed E-state index contributed by atoms with van der Waals surface area (Å²) in [7, 11) is 0. The second kappa shape index (κ2) is 7.90. The number of carboxylic acid groups (broad SMARTS) is 1. The quantitative estimate of drug-likeness (QED) is 0.745. The summed E-state index contributed by atoms with van der Waals surface area (Å²) in [4.78, 5) is 24.2. The van der Waals surface area contributed by atoms with Crippen LogP contribution in [-0.2, 0) is 16.1 Å². The van der Waals surface area contributed by atoms with Crippen LogP contribution >= 0.6 is 0 Å². The minimum atomic E-state index is -5.08. The van der Waals surface area contributed by atoms with E-state index in [1.807, 2.05) is 20.8 Å². The summed E-state index contributed by atoms with van der Waals surface area (Å²) in [6, 6.07) is -0.425. The SMILES string of the molecule is Cc1nc(CN[C@H](C(N)=O)C(C)(C)C)no1.O=C(O)C(F)(F)F. The number of alkyl halides is 3. The number of carbonyl (C=O) groups excluding carboxylic acids is 1. The van der Waals surface area contributed by atoms with Crippen LogP contribution in [0.3, 0.4) is 0 Å². The van der Waals surface area contributed by atoms with Crippen molar-refractivity contribution in [3.05, 3.63) is 11.7 Å². The van der Waals surface area contributed by atoms with E-state index in [9.17, 15) is 18.0 Å². The second-order valence-corrected chi connectivity index (χ2v) is 5.61. The molecule has 0 radical (unpaired) electrons. The van der Waals surface area contributed by atoms with Crippen molar-refractivity contribution < 1.29 is 32.4 Å². The standard InChI is InChI=1S/C10H18N4O2.C2HF3O2/c1-6-13-7(14-16-6)5-12-8(9(11)15)10(2,3)4;3-2(4,5)1(6)7/h8,12H,5H2,1-4H3,(H2,11,15);(H,6,7)/t8-;/m1./s1. The van der Waals surface area contributed by atoms with Crippen LogP contribution in [0.25, 0.3) is 0 Å². The number of hydrogen-bond acceptors (Lipinski definition) is 6. The minimum absolute atomic E-state index is 0.245. The molecule has 8 nitrogen and oxygen atoms in total. The van der Waals surface area contributed by atoms with Crippen LogP contribution in [0, 0.1) is 12.3 Å². The van der Waals surface area contributed by atoms with Crippen LogP contribution < -0.4 is 11.1 Å². The zero-order valence-corrected chi connectivity index (χ0v) is 13.1. The van der Waals surface area contributed by atoms with Gasteiger partial charge in [0.15, 0.2) is 5.82 Å². The van der Waals surface area contributed by atoms with Crippen LogP contribution in [0.2, 0.25) is 0 Å². The number of carboxylic acids is 1. The number of nitrogens with two attached hydrogens (primary N) is 1. The number of rotatable bonds is 4. The van der Waals surface area contributed by atoms with Crippen LogP contribution in [0.15, 0.2) is 4.52 Å². The molecule has 0 aliphatic rings. The maximum atomic E-state index is 11.3. The summed E-state index contributed by atoms with van der Waals surface area (Å²) in [5.74, 6) is -2.11. The van der Waals surface area contributed by atoms with Gasteiger partial charge in [0.25, 0.3) is 0 Å². The molecule has 1 rings (SSSR count). The van der Waals surface area contributed by atoms with Gasteiger partial charge in [0.05, 0.1) is 12.6 Å². The average molecular weight is 340 g/mol. The van der Waals surface area contributed by atoms with E-state index in [0.717, 1.165) is 0 Å². The van der Waals surface area contributed by atoms with Crippen molar-refractivity contribution in [2.75, 3.05) is 0 Å².